The van der Waals surface area contributed by atoms with Crippen molar-refractivity contribution >= 4 is 28.7 Å². The second-order valence-electron chi connectivity index (χ2n) is 10.1. The molecule has 1 fully saturated rings. The van der Waals surface area contributed by atoms with Gasteiger partial charge in [-0.3, -0.25) is 14.4 Å². The van der Waals surface area contributed by atoms with Gasteiger partial charge in [-0.25, -0.2) is 0 Å². The fraction of sp³-hybridized carbons (Fsp3) is 0.444. The number of aliphatic hydroxyl groups excluding tert-OH is 2. The summed E-state index contributed by atoms with van der Waals surface area (Å²) in [6.07, 6.45) is 3.35. The van der Waals surface area contributed by atoms with Crippen LogP contribution in [0.15, 0.2) is 34.9 Å². The SMILES string of the molecule is CC(=O)C1=C(C)CC2C(O)C3C(=C(O)c4c(ccc(C5=CCCC5)c4O)C3C)C(=O)C2(O)C1=O. The smallest absolute Gasteiger partial charge is 0.206 e. The van der Waals surface area contributed by atoms with E-state index in [2.05, 4.69) is 0 Å². The molecule has 0 amide bonds. The number of fused-ring (bicyclic) bond motifs is 3. The van der Waals surface area contributed by atoms with Crippen LogP contribution in [0.3, 0.4) is 0 Å². The second-order valence-corrected chi connectivity index (χ2v) is 10.1. The summed E-state index contributed by atoms with van der Waals surface area (Å²) in [5.41, 5.74) is -0.535. The maximum atomic E-state index is 13.7. The summed E-state index contributed by atoms with van der Waals surface area (Å²) in [6, 6.07) is 3.59. The molecule has 1 aromatic carbocycles. The summed E-state index contributed by atoms with van der Waals surface area (Å²) in [5, 5.41) is 45.3. The zero-order valence-electron chi connectivity index (χ0n) is 19.4. The Balaban J connectivity index is 1.73. The highest BCUT2D eigenvalue weighted by molar-refractivity contribution is 6.33. The second kappa shape index (κ2) is 7.48. The van der Waals surface area contributed by atoms with Crippen molar-refractivity contribution in [3.05, 3.63) is 51.6 Å². The fourth-order valence-corrected chi connectivity index (χ4v) is 6.56. The van der Waals surface area contributed by atoms with E-state index >= 15 is 0 Å². The highest BCUT2D eigenvalue weighted by Crippen LogP contribution is 2.56. The van der Waals surface area contributed by atoms with Crippen molar-refractivity contribution in [1.82, 2.24) is 0 Å². The molecule has 5 unspecified atom stereocenters. The molecule has 0 heterocycles. The largest absolute Gasteiger partial charge is 0.507 e. The quantitative estimate of drug-likeness (QED) is 0.390. The molecule has 7 heteroatoms. The predicted octanol–water partition coefficient (Wildman–Crippen LogP) is 3.13. The first kappa shape index (κ1) is 22.7. The fourth-order valence-electron chi connectivity index (χ4n) is 6.56. The van der Waals surface area contributed by atoms with Crippen molar-refractivity contribution in [2.24, 2.45) is 11.8 Å². The first-order valence-corrected chi connectivity index (χ1v) is 11.7. The molecule has 5 atom stereocenters. The minimum Gasteiger partial charge on any atom is -0.507 e. The molecular formula is C27H28O7. The Labute approximate surface area is 197 Å². The van der Waals surface area contributed by atoms with Crippen LogP contribution < -0.4 is 0 Å². The molecule has 0 radical (unpaired) electrons. The standard InChI is InChI=1S/C27H28O7/c1-11-10-17-23(30)19-12(2)15-8-9-16(14-6-4-5-7-14)22(29)20(15)24(31)21(19)26(33)27(17,34)25(32)18(11)13(3)28/h6,8-9,12,17,19,23,29-31,34H,4-5,7,10H2,1-3H3. The Morgan fingerprint density at radius 1 is 1.15 bits per heavy atom. The number of aliphatic hydroxyl groups is 3. The number of hydrogen-bond donors (Lipinski definition) is 4. The zero-order chi connectivity index (χ0) is 24.7. The van der Waals surface area contributed by atoms with E-state index in [0.717, 1.165) is 24.8 Å². The van der Waals surface area contributed by atoms with Gasteiger partial charge in [-0.1, -0.05) is 30.7 Å². The van der Waals surface area contributed by atoms with E-state index in [1.807, 2.05) is 6.08 Å². The first-order chi connectivity index (χ1) is 16.0. The van der Waals surface area contributed by atoms with Gasteiger partial charge in [0.05, 0.1) is 17.2 Å². The minimum atomic E-state index is -2.65. The Morgan fingerprint density at radius 2 is 1.85 bits per heavy atom. The van der Waals surface area contributed by atoms with Crippen molar-refractivity contribution in [1.29, 1.82) is 0 Å². The average molecular weight is 465 g/mol. The third-order valence-electron chi connectivity index (χ3n) is 8.24. The molecule has 0 aromatic heterocycles. The predicted molar refractivity (Wildman–Crippen MR) is 124 cm³/mol. The topological polar surface area (TPSA) is 132 Å². The number of hydrogen-bond acceptors (Lipinski definition) is 7. The van der Waals surface area contributed by atoms with Crippen LogP contribution in [0.2, 0.25) is 0 Å². The highest BCUT2D eigenvalue weighted by atomic mass is 16.3. The number of carbonyl (C=O) groups is 3. The number of allylic oxidation sites excluding steroid dienone is 3. The van der Waals surface area contributed by atoms with Gasteiger partial charge in [-0.15, -0.1) is 0 Å². The summed E-state index contributed by atoms with van der Waals surface area (Å²) < 4.78 is 0. The molecule has 0 bridgehead atoms. The molecule has 4 aliphatic carbocycles. The van der Waals surface area contributed by atoms with Crippen LogP contribution in [0.4, 0.5) is 0 Å². The molecule has 34 heavy (non-hydrogen) atoms. The maximum Gasteiger partial charge on any atom is 0.206 e. The molecule has 4 aliphatic rings. The van der Waals surface area contributed by atoms with E-state index < -0.39 is 52.6 Å². The number of carbonyl (C=O) groups excluding carboxylic acids is 3. The summed E-state index contributed by atoms with van der Waals surface area (Å²) in [5.74, 6) is -5.80. The third kappa shape index (κ3) is 2.74. The Hall–Kier alpha value is -3.03. The summed E-state index contributed by atoms with van der Waals surface area (Å²) in [7, 11) is 0. The first-order valence-electron chi connectivity index (χ1n) is 11.7. The van der Waals surface area contributed by atoms with Crippen LogP contribution >= 0.6 is 0 Å². The van der Waals surface area contributed by atoms with E-state index in [4.69, 9.17) is 0 Å². The van der Waals surface area contributed by atoms with Gasteiger partial charge in [0.2, 0.25) is 11.6 Å². The molecular weight excluding hydrogens is 436 g/mol. The van der Waals surface area contributed by atoms with Crippen LogP contribution in [-0.4, -0.2) is 49.5 Å². The summed E-state index contributed by atoms with van der Waals surface area (Å²) in [4.78, 5) is 39.1. The molecule has 5 rings (SSSR count). The van der Waals surface area contributed by atoms with Gasteiger partial charge in [-0.2, -0.15) is 0 Å². The average Bonchev–Trinajstić information content (AvgIpc) is 3.31. The van der Waals surface area contributed by atoms with Gasteiger partial charge in [0.25, 0.3) is 0 Å². The lowest BCUT2D eigenvalue weighted by atomic mass is 9.54. The molecule has 0 aliphatic heterocycles. The van der Waals surface area contributed by atoms with Crippen LogP contribution in [0.5, 0.6) is 5.75 Å². The number of Topliss-reactive ketones (excluding diaryl/α,β-unsaturated/α-hetero) is 3. The van der Waals surface area contributed by atoms with Crippen molar-refractivity contribution in [3.63, 3.8) is 0 Å². The lowest BCUT2D eigenvalue weighted by molar-refractivity contribution is -0.167. The van der Waals surface area contributed by atoms with Crippen molar-refractivity contribution in [2.75, 3.05) is 0 Å². The van der Waals surface area contributed by atoms with Gasteiger partial charge in [0.15, 0.2) is 11.4 Å². The summed E-state index contributed by atoms with van der Waals surface area (Å²) in [6.45, 7) is 4.57. The maximum absolute atomic E-state index is 13.7. The molecule has 4 N–H and O–H groups in total. The van der Waals surface area contributed by atoms with Crippen molar-refractivity contribution < 1.29 is 34.8 Å². The van der Waals surface area contributed by atoms with Gasteiger partial charge in [0.1, 0.15) is 11.5 Å². The van der Waals surface area contributed by atoms with Crippen LogP contribution in [-0.2, 0) is 14.4 Å². The Morgan fingerprint density at radius 3 is 2.47 bits per heavy atom. The van der Waals surface area contributed by atoms with Crippen LogP contribution in [0, 0.1) is 11.8 Å². The molecule has 0 spiro atoms. The van der Waals surface area contributed by atoms with E-state index in [1.54, 1.807) is 26.0 Å². The lowest BCUT2D eigenvalue weighted by Gasteiger charge is -2.50. The Bertz CT molecular complexity index is 1260. The Kier molecular flexibility index (Phi) is 5.01. The summed E-state index contributed by atoms with van der Waals surface area (Å²) >= 11 is 0. The molecule has 1 aromatic rings. The molecule has 1 saturated carbocycles. The minimum absolute atomic E-state index is 0.00647. The zero-order valence-corrected chi connectivity index (χ0v) is 19.4. The molecule has 178 valence electrons. The number of phenols is 1. The van der Waals surface area contributed by atoms with Gasteiger partial charge in [0, 0.05) is 23.0 Å². The number of benzene rings is 1. The van der Waals surface area contributed by atoms with E-state index in [-0.39, 0.29) is 28.9 Å². The third-order valence-corrected chi connectivity index (χ3v) is 8.24. The van der Waals surface area contributed by atoms with Gasteiger partial charge in [-0.05, 0) is 56.6 Å². The van der Waals surface area contributed by atoms with E-state index in [0.29, 0.717) is 16.7 Å². The van der Waals surface area contributed by atoms with E-state index in [9.17, 15) is 34.8 Å². The molecule has 7 nitrogen and oxygen atoms in total. The number of rotatable bonds is 2. The number of aromatic hydroxyl groups is 1. The van der Waals surface area contributed by atoms with Gasteiger partial charge >= 0.3 is 0 Å². The van der Waals surface area contributed by atoms with Crippen molar-refractivity contribution in [2.45, 2.75) is 64.1 Å². The monoisotopic (exact) mass is 464 g/mol. The highest BCUT2D eigenvalue weighted by Gasteiger charge is 2.65. The van der Waals surface area contributed by atoms with Crippen LogP contribution in [0.25, 0.3) is 11.3 Å². The van der Waals surface area contributed by atoms with E-state index in [1.165, 1.54) is 6.92 Å². The number of phenolic OH excluding ortho intramolecular Hbond substituents is 1. The lowest BCUT2D eigenvalue weighted by Crippen LogP contribution is -2.66. The normalized spacial score (nSPS) is 32.9. The van der Waals surface area contributed by atoms with Crippen molar-refractivity contribution in [3.8, 4) is 5.75 Å². The van der Waals surface area contributed by atoms with Gasteiger partial charge < -0.3 is 20.4 Å². The molecule has 0 saturated heterocycles. The van der Waals surface area contributed by atoms with Crippen LogP contribution in [0.1, 0.15) is 69.1 Å². The number of ketones is 3.